The van der Waals surface area contributed by atoms with E-state index in [-0.39, 0.29) is 5.92 Å². The lowest BCUT2D eigenvalue weighted by Gasteiger charge is -2.16. The van der Waals surface area contributed by atoms with Gasteiger partial charge in [0.25, 0.3) is 0 Å². The predicted octanol–water partition coefficient (Wildman–Crippen LogP) is 4.39. The number of nitrogens with zero attached hydrogens (tertiary/aromatic N) is 3. The van der Waals surface area contributed by atoms with Crippen LogP contribution in [0.5, 0.6) is 5.75 Å². The zero-order chi connectivity index (χ0) is 17.9. The van der Waals surface area contributed by atoms with Crippen molar-refractivity contribution in [3.63, 3.8) is 0 Å². The molecule has 1 aliphatic rings. The molecule has 1 atom stereocenters. The summed E-state index contributed by atoms with van der Waals surface area (Å²) in [5.41, 5.74) is 2.05. The molecule has 0 saturated carbocycles. The van der Waals surface area contributed by atoms with Gasteiger partial charge >= 0.3 is 0 Å². The number of methoxy groups -OCH3 is 1. The maximum absolute atomic E-state index is 6.27. The van der Waals surface area contributed by atoms with Gasteiger partial charge in [0.05, 0.1) is 13.0 Å². The third-order valence-corrected chi connectivity index (χ3v) is 5.12. The summed E-state index contributed by atoms with van der Waals surface area (Å²) < 4.78 is 11.1. The van der Waals surface area contributed by atoms with E-state index in [9.17, 15) is 0 Å². The van der Waals surface area contributed by atoms with Gasteiger partial charge in [0, 0.05) is 23.7 Å². The Balaban J connectivity index is 1.43. The number of ether oxygens (including phenoxy) is 1. The fourth-order valence-electron chi connectivity index (χ4n) is 3.30. The van der Waals surface area contributed by atoms with Crippen molar-refractivity contribution in [2.75, 3.05) is 20.2 Å². The highest BCUT2D eigenvalue weighted by molar-refractivity contribution is 6.31. The molecule has 1 saturated heterocycles. The first kappa shape index (κ1) is 17.1. The van der Waals surface area contributed by atoms with Crippen LogP contribution in [0.25, 0.3) is 11.5 Å². The second kappa shape index (κ2) is 7.48. The lowest BCUT2D eigenvalue weighted by molar-refractivity contribution is 0.320. The van der Waals surface area contributed by atoms with Crippen molar-refractivity contribution in [2.45, 2.75) is 18.9 Å². The molecule has 6 heteroatoms. The molecule has 1 aromatic heterocycles. The average molecular weight is 370 g/mol. The first-order valence-electron chi connectivity index (χ1n) is 8.66. The van der Waals surface area contributed by atoms with Crippen molar-refractivity contribution in [3.05, 3.63) is 65.0 Å². The summed E-state index contributed by atoms with van der Waals surface area (Å²) in [4.78, 5) is 2.38. The molecule has 3 aromatic rings. The first-order chi connectivity index (χ1) is 12.7. The van der Waals surface area contributed by atoms with Crippen LogP contribution in [0.2, 0.25) is 5.02 Å². The van der Waals surface area contributed by atoms with E-state index in [1.165, 1.54) is 0 Å². The molecule has 1 aliphatic heterocycles. The zero-order valence-corrected chi connectivity index (χ0v) is 15.3. The molecule has 134 valence electrons. The van der Waals surface area contributed by atoms with E-state index in [0.717, 1.165) is 48.0 Å². The van der Waals surface area contributed by atoms with Crippen LogP contribution in [0.1, 0.15) is 23.8 Å². The molecule has 0 unspecified atom stereocenters. The highest BCUT2D eigenvalue weighted by atomic mass is 35.5. The monoisotopic (exact) mass is 369 g/mol. The molecule has 0 amide bonds. The molecule has 0 N–H and O–H groups in total. The average Bonchev–Trinajstić information content (AvgIpc) is 3.33. The Hall–Kier alpha value is -2.37. The van der Waals surface area contributed by atoms with Crippen molar-refractivity contribution in [1.82, 2.24) is 15.1 Å². The maximum atomic E-state index is 6.27. The first-order valence-corrected chi connectivity index (χ1v) is 9.04. The Bertz CT molecular complexity index is 879. The smallest absolute Gasteiger partial charge is 0.247 e. The minimum absolute atomic E-state index is 0.261. The van der Waals surface area contributed by atoms with E-state index in [0.29, 0.717) is 11.8 Å². The molecule has 1 fully saturated rings. The molecule has 2 aromatic carbocycles. The lowest BCUT2D eigenvalue weighted by atomic mass is 10.1. The molecule has 4 rings (SSSR count). The summed E-state index contributed by atoms with van der Waals surface area (Å²) in [6.07, 6.45) is 1.01. The third kappa shape index (κ3) is 3.59. The van der Waals surface area contributed by atoms with Crippen LogP contribution in [0.3, 0.4) is 0 Å². The number of aromatic nitrogens is 2. The van der Waals surface area contributed by atoms with Gasteiger partial charge in [0.1, 0.15) is 5.75 Å². The largest absolute Gasteiger partial charge is 0.497 e. The highest BCUT2D eigenvalue weighted by Crippen LogP contribution is 2.30. The highest BCUT2D eigenvalue weighted by Gasteiger charge is 2.28. The molecule has 0 radical (unpaired) electrons. The third-order valence-electron chi connectivity index (χ3n) is 4.75. The number of rotatable bonds is 5. The van der Waals surface area contributed by atoms with Gasteiger partial charge in [-0.15, -0.1) is 10.2 Å². The SMILES string of the molecule is COc1ccc(-c2nnc([C@H]3CCN(Cc4ccccc4Cl)C3)o2)cc1. The van der Waals surface area contributed by atoms with Gasteiger partial charge in [0.15, 0.2) is 0 Å². The number of likely N-dealkylation sites (tertiary alicyclic amines) is 1. The fourth-order valence-corrected chi connectivity index (χ4v) is 3.49. The van der Waals surface area contributed by atoms with Crippen molar-refractivity contribution >= 4 is 11.6 Å². The normalized spacial score (nSPS) is 17.5. The molecule has 0 aliphatic carbocycles. The second-order valence-corrected chi connectivity index (χ2v) is 6.89. The molecule has 2 heterocycles. The summed E-state index contributed by atoms with van der Waals surface area (Å²) in [5, 5.41) is 9.30. The van der Waals surface area contributed by atoms with Gasteiger partial charge in [-0.25, -0.2) is 0 Å². The maximum Gasteiger partial charge on any atom is 0.247 e. The number of benzene rings is 2. The predicted molar refractivity (Wildman–Crippen MR) is 100 cm³/mol. The number of hydrogen-bond acceptors (Lipinski definition) is 5. The van der Waals surface area contributed by atoms with E-state index in [4.69, 9.17) is 20.8 Å². The Labute approximate surface area is 157 Å². The molecular formula is C20H20ClN3O2. The van der Waals surface area contributed by atoms with Gasteiger partial charge in [-0.05, 0) is 48.9 Å². The van der Waals surface area contributed by atoms with Crippen molar-refractivity contribution in [1.29, 1.82) is 0 Å². The number of halogens is 1. The zero-order valence-electron chi connectivity index (χ0n) is 14.6. The quantitative estimate of drug-likeness (QED) is 0.667. The Morgan fingerprint density at radius 2 is 1.96 bits per heavy atom. The number of hydrogen-bond donors (Lipinski definition) is 0. The summed E-state index contributed by atoms with van der Waals surface area (Å²) in [6, 6.07) is 15.6. The van der Waals surface area contributed by atoms with Gasteiger partial charge < -0.3 is 9.15 Å². The standard InChI is InChI=1S/C20H20ClN3O2/c1-25-17-8-6-14(7-9-17)19-22-23-20(26-19)16-10-11-24(13-16)12-15-4-2-3-5-18(15)21/h2-9,16H,10-13H2,1H3/t16-/m0/s1. The van der Waals surface area contributed by atoms with Crippen molar-refractivity contribution in [3.8, 4) is 17.2 Å². The van der Waals surface area contributed by atoms with Gasteiger partial charge in [-0.1, -0.05) is 29.8 Å². The van der Waals surface area contributed by atoms with E-state index < -0.39 is 0 Å². The Morgan fingerprint density at radius 3 is 2.73 bits per heavy atom. The minimum Gasteiger partial charge on any atom is -0.497 e. The van der Waals surface area contributed by atoms with Gasteiger partial charge in [-0.2, -0.15) is 0 Å². The van der Waals surface area contributed by atoms with E-state index in [1.54, 1.807) is 7.11 Å². The van der Waals surface area contributed by atoms with E-state index in [1.807, 2.05) is 42.5 Å². The Kier molecular flexibility index (Phi) is 4.91. The molecular weight excluding hydrogens is 350 g/mol. The minimum atomic E-state index is 0.261. The van der Waals surface area contributed by atoms with Gasteiger partial charge in [0.2, 0.25) is 11.8 Å². The molecule has 0 bridgehead atoms. The summed E-state index contributed by atoms with van der Waals surface area (Å²) in [6.45, 7) is 2.74. The van der Waals surface area contributed by atoms with Crippen LogP contribution in [0, 0.1) is 0 Å². The van der Waals surface area contributed by atoms with Crippen LogP contribution < -0.4 is 4.74 Å². The lowest BCUT2D eigenvalue weighted by Crippen LogP contribution is -2.20. The molecule has 26 heavy (non-hydrogen) atoms. The topological polar surface area (TPSA) is 51.4 Å². The van der Waals surface area contributed by atoms with Crippen LogP contribution in [0.15, 0.2) is 52.9 Å². The molecule has 5 nitrogen and oxygen atoms in total. The van der Waals surface area contributed by atoms with Crippen LogP contribution in [-0.4, -0.2) is 35.3 Å². The van der Waals surface area contributed by atoms with Crippen LogP contribution in [0.4, 0.5) is 0 Å². The second-order valence-electron chi connectivity index (χ2n) is 6.49. The fraction of sp³-hybridized carbons (Fsp3) is 0.300. The van der Waals surface area contributed by atoms with Gasteiger partial charge in [-0.3, -0.25) is 4.90 Å². The Morgan fingerprint density at radius 1 is 1.15 bits per heavy atom. The molecule has 0 spiro atoms. The van der Waals surface area contributed by atoms with Crippen LogP contribution >= 0.6 is 11.6 Å². The van der Waals surface area contributed by atoms with Crippen molar-refractivity contribution in [2.24, 2.45) is 0 Å². The summed E-state index contributed by atoms with van der Waals surface area (Å²) in [5.74, 6) is 2.32. The van der Waals surface area contributed by atoms with Crippen molar-refractivity contribution < 1.29 is 9.15 Å². The van der Waals surface area contributed by atoms with E-state index >= 15 is 0 Å². The van der Waals surface area contributed by atoms with E-state index in [2.05, 4.69) is 21.2 Å². The van der Waals surface area contributed by atoms with Crippen LogP contribution in [-0.2, 0) is 6.54 Å². The summed E-state index contributed by atoms with van der Waals surface area (Å²) >= 11 is 6.27. The summed E-state index contributed by atoms with van der Waals surface area (Å²) in [7, 11) is 1.65.